The first-order valence-corrected chi connectivity index (χ1v) is 5.63. The number of allylic oxidation sites excluding steroid dienone is 2. The van der Waals surface area contributed by atoms with Crippen LogP contribution in [0.5, 0.6) is 0 Å². The van der Waals surface area contributed by atoms with Gasteiger partial charge in [0.05, 0.1) is 5.69 Å². The molecule has 0 atom stereocenters. The minimum absolute atomic E-state index is 0.323. The molecule has 7 heteroatoms. The number of azo groups is 1. The van der Waals surface area contributed by atoms with Crippen molar-refractivity contribution in [2.24, 2.45) is 10.2 Å². The standard InChI is InChI=1S/C13H13F3N2O2/c1-7-4-5-10(8(2)6-7)17-18-11(9(3)19)12(20)13(14,15)16/h4-6,20H,1-3H3. The molecule has 0 bridgehead atoms. The molecule has 108 valence electrons. The van der Waals surface area contributed by atoms with Gasteiger partial charge in [-0.05, 0) is 25.5 Å². The number of aliphatic hydroxyl groups is 1. The molecule has 0 spiro atoms. The van der Waals surface area contributed by atoms with Crippen LogP contribution in [-0.4, -0.2) is 17.1 Å². The van der Waals surface area contributed by atoms with E-state index < -0.39 is 23.4 Å². The monoisotopic (exact) mass is 286 g/mol. The minimum atomic E-state index is -5.04. The summed E-state index contributed by atoms with van der Waals surface area (Å²) in [5.74, 6) is -3.06. The van der Waals surface area contributed by atoms with E-state index in [4.69, 9.17) is 5.11 Å². The number of halogens is 3. The van der Waals surface area contributed by atoms with E-state index in [1.165, 1.54) is 0 Å². The summed E-state index contributed by atoms with van der Waals surface area (Å²) in [6.07, 6.45) is -5.04. The van der Waals surface area contributed by atoms with Gasteiger partial charge in [0.2, 0.25) is 5.76 Å². The Bertz CT molecular complexity index is 590. The largest absolute Gasteiger partial charge is 0.503 e. The second kappa shape index (κ2) is 5.85. The maximum atomic E-state index is 12.4. The van der Waals surface area contributed by atoms with E-state index in [-0.39, 0.29) is 0 Å². The SMILES string of the molecule is CC(=O)C(N=Nc1ccc(C)cc1C)=C(O)C(F)(F)F. The maximum absolute atomic E-state index is 12.4. The van der Waals surface area contributed by atoms with Crippen LogP contribution >= 0.6 is 0 Å². The first-order valence-electron chi connectivity index (χ1n) is 5.63. The Morgan fingerprint density at radius 2 is 1.85 bits per heavy atom. The zero-order chi connectivity index (χ0) is 15.5. The molecule has 4 nitrogen and oxygen atoms in total. The number of rotatable bonds is 3. The smallest absolute Gasteiger partial charge is 0.451 e. The first-order chi connectivity index (χ1) is 9.12. The van der Waals surface area contributed by atoms with Crippen molar-refractivity contribution in [3.8, 4) is 0 Å². The molecular weight excluding hydrogens is 273 g/mol. The van der Waals surface area contributed by atoms with Crippen LogP contribution in [-0.2, 0) is 4.79 Å². The molecule has 0 aliphatic heterocycles. The van der Waals surface area contributed by atoms with Gasteiger partial charge < -0.3 is 5.11 Å². The van der Waals surface area contributed by atoms with Gasteiger partial charge in [0, 0.05) is 6.92 Å². The number of carbonyl (C=O) groups excluding carboxylic acids is 1. The third kappa shape index (κ3) is 3.91. The molecule has 1 rings (SSSR count). The van der Waals surface area contributed by atoms with Gasteiger partial charge in [0.15, 0.2) is 11.5 Å². The van der Waals surface area contributed by atoms with Crippen molar-refractivity contribution in [1.29, 1.82) is 0 Å². The number of ketones is 1. The fourth-order valence-electron chi connectivity index (χ4n) is 1.44. The molecule has 0 fully saturated rings. The average Bonchev–Trinajstić information content (AvgIpc) is 2.30. The van der Waals surface area contributed by atoms with Gasteiger partial charge in [-0.2, -0.15) is 18.3 Å². The van der Waals surface area contributed by atoms with Crippen molar-refractivity contribution in [3.63, 3.8) is 0 Å². The molecule has 0 unspecified atom stereocenters. The number of carbonyl (C=O) groups is 1. The van der Waals surface area contributed by atoms with Crippen molar-refractivity contribution in [3.05, 3.63) is 40.8 Å². The number of hydrogen-bond acceptors (Lipinski definition) is 4. The summed E-state index contributed by atoms with van der Waals surface area (Å²) in [4.78, 5) is 11.1. The van der Waals surface area contributed by atoms with Crippen LogP contribution in [0.4, 0.5) is 18.9 Å². The summed E-state index contributed by atoms with van der Waals surface area (Å²) >= 11 is 0. The van der Waals surface area contributed by atoms with Gasteiger partial charge >= 0.3 is 6.18 Å². The van der Waals surface area contributed by atoms with E-state index in [1.54, 1.807) is 25.1 Å². The second-order valence-electron chi connectivity index (χ2n) is 4.24. The van der Waals surface area contributed by atoms with Gasteiger partial charge in [-0.25, -0.2) is 0 Å². The van der Waals surface area contributed by atoms with E-state index in [9.17, 15) is 18.0 Å². The summed E-state index contributed by atoms with van der Waals surface area (Å²) in [6.45, 7) is 4.44. The molecular formula is C13H13F3N2O2. The average molecular weight is 286 g/mol. The Hall–Kier alpha value is -2.18. The number of alkyl halides is 3. The van der Waals surface area contributed by atoms with Gasteiger partial charge in [0.1, 0.15) is 0 Å². The van der Waals surface area contributed by atoms with Crippen molar-refractivity contribution in [1.82, 2.24) is 0 Å². The van der Waals surface area contributed by atoms with Crippen molar-refractivity contribution >= 4 is 11.5 Å². The van der Waals surface area contributed by atoms with E-state index in [0.29, 0.717) is 11.3 Å². The summed E-state index contributed by atoms with van der Waals surface area (Å²) in [5.41, 5.74) is 0.867. The lowest BCUT2D eigenvalue weighted by Crippen LogP contribution is -2.16. The fourth-order valence-corrected chi connectivity index (χ4v) is 1.44. The number of aliphatic hydroxyl groups excluding tert-OH is 1. The quantitative estimate of drug-likeness (QED) is 0.511. The molecule has 0 amide bonds. The number of hydrogen-bond donors (Lipinski definition) is 1. The summed E-state index contributed by atoms with van der Waals surface area (Å²) < 4.78 is 37.1. The van der Waals surface area contributed by atoms with Gasteiger partial charge in [0.25, 0.3) is 0 Å². The van der Waals surface area contributed by atoms with E-state index in [0.717, 1.165) is 12.5 Å². The highest BCUT2D eigenvalue weighted by Crippen LogP contribution is 2.28. The summed E-state index contributed by atoms with van der Waals surface area (Å²) in [5, 5.41) is 15.8. The predicted molar refractivity (Wildman–Crippen MR) is 66.8 cm³/mol. The Balaban J connectivity index is 3.21. The van der Waals surface area contributed by atoms with Crippen molar-refractivity contribution in [2.45, 2.75) is 26.9 Å². The first kappa shape index (κ1) is 15.9. The van der Waals surface area contributed by atoms with Gasteiger partial charge in [-0.3, -0.25) is 4.79 Å². The van der Waals surface area contributed by atoms with Gasteiger partial charge in [-0.15, -0.1) is 5.11 Å². The van der Waals surface area contributed by atoms with Crippen LogP contribution < -0.4 is 0 Å². The Morgan fingerprint density at radius 1 is 1.25 bits per heavy atom. The third-order valence-electron chi connectivity index (χ3n) is 2.44. The molecule has 20 heavy (non-hydrogen) atoms. The van der Waals surface area contributed by atoms with Gasteiger partial charge in [-0.1, -0.05) is 17.7 Å². The molecule has 0 aromatic heterocycles. The van der Waals surface area contributed by atoms with Crippen LogP contribution in [0.25, 0.3) is 0 Å². The van der Waals surface area contributed by atoms with Crippen molar-refractivity contribution in [2.75, 3.05) is 0 Å². The molecule has 0 heterocycles. The topological polar surface area (TPSA) is 62.0 Å². The molecule has 0 saturated carbocycles. The molecule has 0 aliphatic carbocycles. The number of aryl methyl sites for hydroxylation is 2. The van der Waals surface area contributed by atoms with E-state index in [1.807, 2.05) is 6.92 Å². The molecule has 0 saturated heterocycles. The Labute approximate surface area is 113 Å². The number of Topliss-reactive ketones (excluding diaryl/α,β-unsaturated/α-hetero) is 1. The van der Waals surface area contributed by atoms with Crippen LogP contribution in [0.15, 0.2) is 39.9 Å². The lowest BCUT2D eigenvalue weighted by Gasteiger charge is -2.06. The molecule has 0 radical (unpaired) electrons. The Kier molecular flexibility index (Phi) is 4.65. The van der Waals surface area contributed by atoms with E-state index in [2.05, 4.69) is 10.2 Å². The molecule has 0 aliphatic rings. The fraction of sp³-hybridized carbons (Fsp3) is 0.308. The van der Waals surface area contributed by atoms with Crippen LogP contribution in [0.3, 0.4) is 0 Å². The lowest BCUT2D eigenvalue weighted by atomic mass is 10.1. The molecule has 1 N–H and O–H groups in total. The summed E-state index contributed by atoms with van der Waals surface area (Å²) in [6, 6.07) is 5.05. The third-order valence-corrected chi connectivity index (χ3v) is 2.44. The number of nitrogens with zero attached hydrogens (tertiary/aromatic N) is 2. The van der Waals surface area contributed by atoms with Crippen LogP contribution in [0, 0.1) is 13.8 Å². The normalized spacial score (nSPS) is 13.5. The van der Waals surface area contributed by atoms with Crippen LogP contribution in [0.2, 0.25) is 0 Å². The van der Waals surface area contributed by atoms with E-state index >= 15 is 0 Å². The molecule has 1 aromatic carbocycles. The highest BCUT2D eigenvalue weighted by atomic mass is 19.4. The zero-order valence-corrected chi connectivity index (χ0v) is 11.1. The predicted octanol–water partition coefficient (Wildman–Crippen LogP) is 4.31. The molecule has 1 aromatic rings. The van der Waals surface area contributed by atoms with Crippen molar-refractivity contribution < 1.29 is 23.1 Å². The Morgan fingerprint density at radius 3 is 2.30 bits per heavy atom. The van der Waals surface area contributed by atoms with Crippen LogP contribution in [0.1, 0.15) is 18.1 Å². The lowest BCUT2D eigenvalue weighted by molar-refractivity contribution is -0.126. The number of benzene rings is 1. The zero-order valence-electron chi connectivity index (χ0n) is 11.1. The maximum Gasteiger partial charge on any atom is 0.451 e. The summed E-state index contributed by atoms with van der Waals surface area (Å²) in [7, 11) is 0. The highest BCUT2D eigenvalue weighted by Gasteiger charge is 2.38. The second-order valence-corrected chi connectivity index (χ2v) is 4.24. The highest BCUT2D eigenvalue weighted by molar-refractivity contribution is 5.93. The minimum Gasteiger partial charge on any atom is -0.503 e.